The molecule has 1 N–H and O–H groups in total. The summed E-state index contributed by atoms with van der Waals surface area (Å²) in [5, 5.41) is 7.00. The van der Waals surface area contributed by atoms with Crippen molar-refractivity contribution in [1.82, 2.24) is 10.3 Å². The van der Waals surface area contributed by atoms with Crippen LogP contribution in [0.2, 0.25) is 0 Å². The normalized spacial score (nSPS) is 25.1. The Morgan fingerprint density at radius 1 is 1.50 bits per heavy atom. The molecule has 2 rings (SSSR count). The van der Waals surface area contributed by atoms with Crippen LogP contribution in [0.3, 0.4) is 0 Å². The summed E-state index contributed by atoms with van der Waals surface area (Å²) in [6.45, 7) is 6.58. The number of thiazole rings is 1. The zero-order valence-electron chi connectivity index (χ0n) is 10.3. The van der Waals surface area contributed by atoms with Gasteiger partial charge >= 0.3 is 0 Å². The van der Waals surface area contributed by atoms with Crippen molar-refractivity contribution in [2.45, 2.75) is 52.0 Å². The van der Waals surface area contributed by atoms with E-state index in [9.17, 15) is 0 Å². The third-order valence-corrected chi connectivity index (χ3v) is 4.40. The highest BCUT2D eigenvalue weighted by atomic mass is 32.1. The van der Waals surface area contributed by atoms with Gasteiger partial charge in [0.1, 0.15) is 0 Å². The standard InChI is InChI=1S/C13H22N2S/c1-3-6-14-8-12-9-16-13(15-12)11-5-4-10(2)7-11/h9-11,14H,3-8H2,1-2H3. The molecule has 1 aromatic rings. The van der Waals surface area contributed by atoms with Crippen molar-refractivity contribution < 1.29 is 0 Å². The molecular formula is C13H22N2S. The molecule has 1 aliphatic rings. The maximum absolute atomic E-state index is 4.75. The van der Waals surface area contributed by atoms with Crippen molar-refractivity contribution in [3.05, 3.63) is 16.1 Å². The largest absolute Gasteiger partial charge is 0.311 e. The van der Waals surface area contributed by atoms with E-state index in [0.29, 0.717) is 0 Å². The Balaban J connectivity index is 1.87. The van der Waals surface area contributed by atoms with E-state index in [4.69, 9.17) is 4.98 Å². The van der Waals surface area contributed by atoms with Crippen LogP contribution in [0.4, 0.5) is 0 Å². The van der Waals surface area contributed by atoms with Crippen molar-refractivity contribution in [2.75, 3.05) is 6.54 Å². The zero-order valence-corrected chi connectivity index (χ0v) is 11.1. The van der Waals surface area contributed by atoms with E-state index in [1.165, 1.54) is 36.4 Å². The molecule has 1 saturated carbocycles. The molecule has 90 valence electrons. The lowest BCUT2D eigenvalue weighted by Gasteiger charge is -2.04. The Labute approximate surface area is 102 Å². The highest BCUT2D eigenvalue weighted by Crippen LogP contribution is 2.38. The van der Waals surface area contributed by atoms with Crippen LogP contribution >= 0.6 is 11.3 Å². The molecule has 1 heterocycles. The summed E-state index contributed by atoms with van der Waals surface area (Å²) in [7, 11) is 0. The van der Waals surface area contributed by atoms with Crippen LogP contribution in [0.25, 0.3) is 0 Å². The van der Waals surface area contributed by atoms with Crippen molar-refractivity contribution in [2.24, 2.45) is 5.92 Å². The molecule has 1 fully saturated rings. The minimum atomic E-state index is 0.750. The van der Waals surface area contributed by atoms with Gasteiger partial charge in [-0.15, -0.1) is 11.3 Å². The summed E-state index contributed by atoms with van der Waals surface area (Å²) in [5.41, 5.74) is 1.23. The van der Waals surface area contributed by atoms with E-state index >= 15 is 0 Å². The van der Waals surface area contributed by atoms with Gasteiger partial charge in [-0.3, -0.25) is 0 Å². The van der Waals surface area contributed by atoms with Gasteiger partial charge in [0, 0.05) is 17.8 Å². The quantitative estimate of drug-likeness (QED) is 0.794. The highest BCUT2D eigenvalue weighted by molar-refractivity contribution is 7.09. The smallest absolute Gasteiger partial charge is 0.0959 e. The van der Waals surface area contributed by atoms with E-state index in [2.05, 4.69) is 24.5 Å². The first kappa shape index (κ1) is 12.1. The molecule has 1 aliphatic carbocycles. The Hall–Kier alpha value is -0.410. The topological polar surface area (TPSA) is 24.9 Å². The van der Waals surface area contributed by atoms with Gasteiger partial charge in [0.2, 0.25) is 0 Å². The monoisotopic (exact) mass is 238 g/mol. The van der Waals surface area contributed by atoms with Crippen LogP contribution in [-0.4, -0.2) is 11.5 Å². The van der Waals surface area contributed by atoms with Crippen LogP contribution in [0.5, 0.6) is 0 Å². The molecule has 2 nitrogen and oxygen atoms in total. The molecule has 2 unspecified atom stereocenters. The van der Waals surface area contributed by atoms with Gasteiger partial charge in [-0.25, -0.2) is 4.98 Å². The lowest BCUT2D eigenvalue weighted by atomic mass is 10.1. The number of hydrogen-bond acceptors (Lipinski definition) is 3. The summed E-state index contributed by atoms with van der Waals surface area (Å²) in [4.78, 5) is 4.75. The van der Waals surface area contributed by atoms with E-state index in [-0.39, 0.29) is 0 Å². The zero-order chi connectivity index (χ0) is 11.4. The highest BCUT2D eigenvalue weighted by Gasteiger charge is 2.24. The average Bonchev–Trinajstić information content (AvgIpc) is 2.87. The Morgan fingerprint density at radius 3 is 3.06 bits per heavy atom. The van der Waals surface area contributed by atoms with E-state index in [1.807, 2.05) is 11.3 Å². The van der Waals surface area contributed by atoms with Gasteiger partial charge in [0.05, 0.1) is 10.7 Å². The second kappa shape index (κ2) is 5.78. The first-order valence-electron chi connectivity index (χ1n) is 6.44. The Morgan fingerprint density at radius 2 is 2.38 bits per heavy atom. The molecule has 0 aromatic carbocycles. The van der Waals surface area contributed by atoms with Crippen LogP contribution in [-0.2, 0) is 6.54 Å². The predicted molar refractivity (Wildman–Crippen MR) is 69.9 cm³/mol. The molecule has 0 amide bonds. The van der Waals surface area contributed by atoms with Gasteiger partial charge in [-0.1, -0.05) is 20.3 Å². The predicted octanol–water partition coefficient (Wildman–Crippen LogP) is 3.55. The second-order valence-corrected chi connectivity index (χ2v) is 5.86. The Kier molecular flexibility index (Phi) is 4.36. The molecule has 0 radical (unpaired) electrons. The maximum atomic E-state index is 4.75. The lowest BCUT2D eigenvalue weighted by molar-refractivity contribution is 0.594. The number of nitrogens with one attached hydrogen (secondary N) is 1. The molecule has 16 heavy (non-hydrogen) atoms. The fourth-order valence-corrected chi connectivity index (χ4v) is 3.39. The van der Waals surface area contributed by atoms with Crippen molar-refractivity contribution in [3.63, 3.8) is 0 Å². The molecule has 0 aliphatic heterocycles. The first-order valence-corrected chi connectivity index (χ1v) is 7.32. The van der Waals surface area contributed by atoms with Gasteiger partial charge in [-0.2, -0.15) is 0 Å². The van der Waals surface area contributed by atoms with Crippen LogP contribution in [0.1, 0.15) is 56.2 Å². The molecule has 0 bridgehead atoms. The average molecular weight is 238 g/mol. The van der Waals surface area contributed by atoms with Gasteiger partial charge in [-0.05, 0) is 31.7 Å². The fourth-order valence-electron chi connectivity index (χ4n) is 2.42. The Bertz CT molecular complexity index is 321. The maximum Gasteiger partial charge on any atom is 0.0959 e. The number of hydrogen-bond donors (Lipinski definition) is 1. The molecule has 0 spiro atoms. The van der Waals surface area contributed by atoms with Crippen molar-refractivity contribution in [1.29, 1.82) is 0 Å². The fraction of sp³-hybridized carbons (Fsp3) is 0.769. The second-order valence-electron chi connectivity index (χ2n) is 4.97. The van der Waals surface area contributed by atoms with E-state index < -0.39 is 0 Å². The summed E-state index contributed by atoms with van der Waals surface area (Å²) < 4.78 is 0. The van der Waals surface area contributed by atoms with Gasteiger partial charge < -0.3 is 5.32 Å². The molecule has 0 saturated heterocycles. The summed E-state index contributed by atoms with van der Waals surface area (Å²) >= 11 is 1.86. The summed E-state index contributed by atoms with van der Waals surface area (Å²) in [6.07, 6.45) is 5.26. The minimum absolute atomic E-state index is 0.750. The third-order valence-electron chi connectivity index (χ3n) is 3.35. The van der Waals surface area contributed by atoms with Crippen molar-refractivity contribution >= 4 is 11.3 Å². The van der Waals surface area contributed by atoms with E-state index in [1.54, 1.807) is 0 Å². The van der Waals surface area contributed by atoms with Crippen molar-refractivity contribution in [3.8, 4) is 0 Å². The van der Waals surface area contributed by atoms with Gasteiger partial charge in [0.25, 0.3) is 0 Å². The molecule has 2 atom stereocenters. The lowest BCUT2D eigenvalue weighted by Crippen LogP contribution is -2.14. The molecule has 1 aromatic heterocycles. The first-order chi connectivity index (χ1) is 7.79. The minimum Gasteiger partial charge on any atom is -0.311 e. The van der Waals surface area contributed by atoms with Gasteiger partial charge in [0.15, 0.2) is 0 Å². The van der Waals surface area contributed by atoms with Crippen LogP contribution in [0, 0.1) is 5.92 Å². The number of rotatable bonds is 5. The summed E-state index contributed by atoms with van der Waals surface area (Å²) in [5.74, 6) is 1.65. The van der Waals surface area contributed by atoms with E-state index in [0.717, 1.165) is 24.9 Å². The number of aromatic nitrogens is 1. The third kappa shape index (κ3) is 3.05. The molecule has 3 heteroatoms. The van der Waals surface area contributed by atoms with Crippen LogP contribution in [0.15, 0.2) is 5.38 Å². The summed E-state index contributed by atoms with van der Waals surface area (Å²) in [6, 6.07) is 0. The molecular weight excluding hydrogens is 216 g/mol. The SMILES string of the molecule is CCCNCc1csc(C2CCC(C)C2)n1. The number of nitrogens with zero attached hydrogens (tertiary/aromatic N) is 1. The van der Waals surface area contributed by atoms with Crippen LogP contribution < -0.4 is 5.32 Å².